The minimum absolute atomic E-state index is 0.148. The molecule has 1 heterocycles. The van der Waals surface area contributed by atoms with E-state index in [2.05, 4.69) is 0 Å². The second-order valence-electron chi connectivity index (χ2n) is 9.89. The van der Waals surface area contributed by atoms with Gasteiger partial charge in [-0.2, -0.15) is 0 Å². The van der Waals surface area contributed by atoms with E-state index in [-0.39, 0.29) is 22.3 Å². The van der Waals surface area contributed by atoms with Crippen molar-refractivity contribution < 1.29 is 48.0 Å². The standard InChI is InChI=1S/C34H27IO10/c35-34(40)29(44-33(39)25-19-11-4-12-20-25)28(43-32(38)24-17-9-3-10-18-24)27(42-31(37)23-15-7-2-8-16-23)26(45-34)21-41-30(36)22-13-5-1-6-14-22/h1-20,26-29,40H,21H2/t26-,27-,28+,29-,34+/m1/s1. The highest BCUT2D eigenvalue weighted by molar-refractivity contribution is 14.1. The summed E-state index contributed by atoms with van der Waals surface area (Å²) in [6.07, 6.45) is -6.20. The van der Waals surface area contributed by atoms with Gasteiger partial charge in [-0.3, -0.25) is 0 Å². The molecule has 0 bridgehead atoms. The lowest BCUT2D eigenvalue weighted by atomic mass is 9.97. The fourth-order valence-corrected chi connectivity index (χ4v) is 5.39. The Hall–Kier alpha value is -4.59. The molecule has 0 spiro atoms. The second-order valence-corrected chi connectivity index (χ2v) is 11.4. The van der Waals surface area contributed by atoms with E-state index in [0.717, 1.165) is 0 Å². The molecule has 4 aromatic carbocycles. The molecule has 1 saturated heterocycles. The molecule has 1 fully saturated rings. The summed E-state index contributed by atoms with van der Waals surface area (Å²) in [6.45, 7) is -0.523. The van der Waals surface area contributed by atoms with Crippen LogP contribution in [0.25, 0.3) is 0 Å². The average Bonchev–Trinajstić information content (AvgIpc) is 3.07. The Morgan fingerprint density at radius 2 is 0.933 bits per heavy atom. The largest absolute Gasteiger partial charge is 0.459 e. The van der Waals surface area contributed by atoms with Gasteiger partial charge in [-0.25, -0.2) is 19.2 Å². The molecule has 45 heavy (non-hydrogen) atoms. The summed E-state index contributed by atoms with van der Waals surface area (Å²) in [5.74, 6) is -3.24. The third kappa shape index (κ3) is 7.93. The lowest BCUT2D eigenvalue weighted by molar-refractivity contribution is -0.293. The predicted octanol–water partition coefficient (Wildman–Crippen LogP) is 5.00. The number of hydrogen-bond acceptors (Lipinski definition) is 10. The van der Waals surface area contributed by atoms with Crippen molar-refractivity contribution in [2.45, 2.75) is 28.2 Å². The van der Waals surface area contributed by atoms with Crippen LogP contribution in [0.15, 0.2) is 121 Å². The van der Waals surface area contributed by atoms with E-state index in [1.54, 1.807) is 84.9 Å². The molecular weight excluding hydrogens is 695 g/mol. The van der Waals surface area contributed by atoms with Gasteiger partial charge in [0.2, 0.25) is 6.10 Å². The van der Waals surface area contributed by atoms with Crippen molar-refractivity contribution in [1.82, 2.24) is 0 Å². The number of esters is 4. The molecule has 230 valence electrons. The van der Waals surface area contributed by atoms with Crippen molar-refractivity contribution in [2.24, 2.45) is 0 Å². The van der Waals surface area contributed by atoms with Crippen LogP contribution in [-0.4, -0.2) is 63.8 Å². The predicted molar refractivity (Wildman–Crippen MR) is 168 cm³/mol. The summed E-state index contributed by atoms with van der Waals surface area (Å²) >= 11 is 1.51. The van der Waals surface area contributed by atoms with Crippen LogP contribution in [0.2, 0.25) is 0 Å². The van der Waals surface area contributed by atoms with Gasteiger partial charge in [0.15, 0.2) is 12.2 Å². The molecule has 0 aromatic heterocycles. The van der Waals surface area contributed by atoms with Crippen molar-refractivity contribution in [3.63, 3.8) is 0 Å². The van der Waals surface area contributed by atoms with Gasteiger partial charge in [0.25, 0.3) is 3.79 Å². The molecule has 1 aliphatic rings. The Kier molecular flexibility index (Phi) is 10.2. The van der Waals surface area contributed by atoms with Crippen LogP contribution < -0.4 is 0 Å². The first-order chi connectivity index (χ1) is 21.7. The Balaban J connectivity index is 1.51. The van der Waals surface area contributed by atoms with Gasteiger partial charge in [0, 0.05) is 0 Å². The highest BCUT2D eigenvalue weighted by Crippen LogP contribution is 2.39. The monoisotopic (exact) mass is 722 g/mol. The third-order valence-electron chi connectivity index (χ3n) is 6.79. The van der Waals surface area contributed by atoms with E-state index in [1.165, 1.54) is 59.0 Å². The lowest BCUT2D eigenvalue weighted by Gasteiger charge is -2.46. The normalized spacial score (nSPS) is 22.4. The van der Waals surface area contributed by atoms with Gasteiger partial charge in [-0.05, 0) is 71.1 Å². The molecule has 1 N–H and O–H groups in total. The Labute approximate surface area is 272 Å². The lowest BCUT2D eigenvalue weighted by Crippen LogP contribution is -2.66. The number of hydrogen-bond donors (Lipinski definition) is 1. The summed E-state index contributed by atoms with van der Waals surface area (Å²) in [5, 5.41) is 11.5. The van der Waals surface area contributed by atoms with Crippen LogP contribution in [0.1, 0.15) is 41.4 Å². The van der Waals surface area contributed by atoms with Crippen molar-refractivity contribution in [3.05, 3.63) is 144 Å². The van der Waals surface area contributed by atoms with Crippen LogP contribution in [-0.2, 0) is 23.7 Å². The van der Waals surface area contributed by atoms with E-state index < -0.39 is 58.7 Å². The molecule has 11 heteroatoms. The first-order valence-electron chi connectivity index (χ1n) is 13.8. The van der Waals surface area contributed by atoms with E-state index in [9.17, 15) is 24.3 Å². The van der Waals surface area contributed by atoms with Gasteiger partial charge in [-0.1, -0.05) is 72.8 Å². The molecule has 0 aliphatic carbocycles. The number of ether oxygens (including phenoxy) is 5. The van der Waals surface area contributed by atoms with Gasteiger partial charge in [0.05, 0.1) is 22.3 Å². The number of alkyl halides is 1. The number of rotatable bonds is 9. The Morgan fingerprint density at radius 3 is 1.36 bits per heavy atom. The minimum atomic E-state index is -2.33. The summed E-state index contributed by atoms with van der Waals surface area (Å²) in [5.41, 5.74) is 0.709. The molecule has 4 aromatic rings. The molecular formula is C34H27IO10. The molecule has 10 nitrogen and oxygen atoms in total. The minimum Gasteiger partial charge on any atom is -0.459 e. The van der Waals surface area contributed by atoms with Crippen LogP contribution in [0, 0.1) is 0 Å². The van der Waals surface area contributed by atoms with Crippen LogP contribution >= 0.6 is 22.6 Å². The first-order valence-corrected chi connectivity index (χ1v) is 14.9. The van der Waals surface area contributed by atoms with Crippen LogP contribution in [0.4, 0.5) is 0 Å². The van der Waals surface area contributed by atoms with Gasteiger partial charge in [-0.15, -0.1) is 0 Å². The van der Waals surface area contributed by atoms with Gasteiger partial charge in [0.1, 0.15) is 12.7 Å². The smallest absolute Gasteiger partial charge is 0.338 e. The third-order valence-corrected chi connectivity index (χ3v) is 7.66. The second kappa shape index (κ2) is 14.5. The fourth-order valence-electron chi connectivity index (χ4n) is 4.58. The zero-order chi connectivity index (χ0) is 31.8. The van der Waals surface area contributed by atoms with Crippen LogP contribution in [0.3, 0.4) is 0 Å². The maximum absolute atomic E-state index is 13.4. The fraction of sp³-hybridized carbons (Fsp3) is 0.176. The first kappa shape index (κ1) is 31.8. The Bertz CT molecular complexity index is 1610. The zero-order valence-corrected chi connectivity index (χ0v) is 25.7. The number of halogens is 1. The highest BCUT2D eigenvalue weighted by atomic mass is 127. The highest BCUT2D eigenvalue weighted by Gasteiger charge is 2.59. The average molecular weight is 722 g/mol. The van der Waals surface area contributed by atoms with Crippen molar-refractivity contribution >= 4 is 46.5 Å². The van der Waals surface area contributed by atoms with Gasteiger partial charge < -0.3 is 28.8 Å². The summed E-state index contributed by atoms with van der Waals surface area (Å²) in [4.78, 5) is 52.7. The number of carbonyl (C=O) groups excluding carboxylic acids is 4. The molecule has 0 saturated carbocycles. The maximum atomic E-state index is 13.4. The van der Waals surface area contributed by atoms with E-state index in [4.69, 9.17) is 23.7 Å². The molecule has 0 radical (unpaired) electrons. The van der Waals surface area contributed by atoms with Crippen molar-refractivity contribution in [1.29, 1.82) is 0 Å². The molecule has 0 unspecified atom stereocenters. The van der Waals surface area contributed by atoms with E-state index >= 15 is 0 Å². The SMILES string of the molecule is O=C(OC[C@H]1O[C@](O)(I)[C@H](OC(=O)c2ccccc2)[C@@H](OC(=O)c2ccccc2)[C@@H]1OC(=O)c1ccccc1)c1ccccc1. The topological polar surface area (TPSA) is 135 Å². The number of carbonyl (C=O) groups is 4. The molecule has 5 rings (SSSR count). The quantitative estimate of drug-likeness (QED) is 0.109. The Morgan fingerprint density at radius 1 is 0.578 bits per heavy atom. The van der Waals surface area contributed by atoms with Gasteiger partial charge >= 0.3 is 23.9 Å². The summed E-state index contributed by atoms with van der Waals surface area (Å²) in [6, 6.07) is 32.1. The van der Waals surface area contributed by atoms with Crippen molar-refractivity contribution in [2.75, 3.05) is 6.61 Å². The molecule has 0 amide bonds. The molecule has 5 atom stereocenters. The number of aliphatic hydroxyl groups is 1. The molecule has 1 aliphatic heterocycles. The summed E-state index contributed by atoms with van der Waals surface area (Å²) in [7, 11) is 0. The van der Waals surface area contributed by atoms with E-state index in [0.29, 0.717) is 0 Å². The summed E-state index contributed by atoms with van der Waals surface area (Å²) < 4.78 is 26.5. The van der Waals surface area contributed by atoms with Crippen LogP contribution in [0.5, 0.6) is 0 Å². The number of benzene rings is 4. The zero-order valence-electron chi connectivity index (χ0n) is 23.6. The van der Waals surface area contributed by atoms with E-state index in [1.807, 2.05) is 0 Å². The maximum Gasteiger partial charge on any atom is 0.338 e. The van der Waals surface area contributed by atoms with Crippen molar-refractivity contribution in [3.8, 4) is 0 Å².